The fraction of sp³-hybridized carbons (Fsp3) is 0. The Morgan fingerprint density at radius 2 is 1.81 bits per heavy atom. The summed E-state index contributed by atoms with van der Waals surface area (Å²) in [5.74, 6) is -2.47. The highest BCUT2D eigenvalue weighted by Gasteiger charge is 2.16. The Labute approximate surface area is 90.7 Å². The van der Waals surface area contributed by atoms with Gasteiger partial charge in [-0.15, -0.1) is 0 Å². The predicted molar refractivity (Wildman–Crippen MR) is 54.6 cm³/mol. The smallest absolute Gasteiger partial charge is 0.369 e. The standard InChI is InChI=1S/C10H9NO5/c1-6(9(13)14)10(15)16-11-7-2-4-8(12)5-3-7/h2-5,11-12H,1H2,(H,13,14). The molecule has 0 fully saturated rings. The Kier molecular flexibility index (Phi) is 3.49. The molecule has 6 heteroatoms. The summed E-state index contributed by atoms with van der Waals surface area (Å²) in [6, 6.07) is 5.66. The van der Waals surface area contributed by atoms with Crippen molar-refractivity contribution < 1.29 is 24.6 Å². The number of aromatic hydroxyl groups is 1. The van der Waals surface area contributed by atoms with Crippen LogP contribution in [-0.4, -0.2) is 22.2 Å². The summed E-state index contributed by atoms with van der Waals surface area (Å²) < 4.78 is 0. The van der Waals surface area contributed by atoms with Gasteiger partial charge in [-0.25, -0.2) is 15.1 Å². The molecule has 1 aromatic rings. The molecule has 6 nitrogen and oxygen atoms in total. The second kappa shape index (κ2) is 4.83. The normalized spacial score (nSPS) is 9.25. The lowest BCUT2D eigenvalue weighted by atomic mass is 10.3. The van der Waals surface area contributed by atoms with Gasteiger partial charge in [-0.3, -0.25) is 0 Å². The molecule has 0 radical (unpaired) electrons. The third-order valence-electron chi connectivity index (χ3n) is 1.63. The topological polar surface area (TPSA) is 95.9 Å². The maximum absolute atomic E-state index is 11.0. The molecule has 0 unspecified atom stereocenters. The Hall–Kier alpha value is -2.50. The highest BCUT2D eigenvalue weighted by atomic mass is 16.7. The van der Waals surface area contributed by atoms with Crippen molar-refractivity contribution in [1.29, 1.82) is 0 Å². The molecule has 0 atom stereocenters. The van der Waals surface area contributed by atoms with E-state index in [1.807, 2.05) is 0 Å². The van der Waals surface area contributed by atoms with E-state index < -0.39 is 17.5 Å². The number of carboxylic acids is 1. The zero-order chi connectivity index (χ0) is 12.1. The number of hydrogen-bond donors (Lipinski definition) is 3. The summed E-state index contributed by atoms with van der Waals surface area (Å²) in [5, 5.41) is 17.4. The van der Waals surface area contributed by atoms with Crippen LogP contribution in [-0.2, 0) is 14.4 Å². The van der Waals surface area contributed by atoms with E-state index in [1.54, 1.807) is 0 Å². The number of aliphatic carboxylic acids is 1. The molecule has 0 saturated heterocycles. The first-order valence-electron chi connectivity index (χ1n) is 4.19. The fourth-order valence-corrected chi connectivity index (χ4v) is 0.784. The number of phenols is 1. The van der Waals surface area contributed by atoms with Crippen molar-refractivity contribution in [3.8, 4) is 5.75 Å². The lowest BCUT2D eigenvalue weighted by Crippen LogP contribution is -2.17. The third kappa shape index (κ3) is 3.02. The van der Waals surface area contributed by atoms with Crippen LogP contribution in [0.1, 0.15) is 0 Å². The van der Waals surface area contributed by atoms with Crippen LogP contribution in [0.25, 0.3) is 0 Å². The number of carbonyl (C=O) groups excluding carboxylic acids is 1. The SMILES string of the molecule is C=C(C(=O)O)C(=O)ONc1ccc(O)cc1. The average Bonchev–Trinajstić information content (AvgIpc) is 2.26. The molecule has 0 aliphatic carbocycles. The molecule has 0 bridgehead atoms. The highest BCUT2D eigenvalue weighted by Crippen LogP contribution is 2.13. The van der Waals surface area contributed by atoms with Gasteiger partial charge in [0.1, 0.15) is 11.3 Å². The van der Waals surface area contributed by atoms with Crippen LogP contribution in [0.5, 0.6) is 5.75 Å². The number of nitrogens with one attached hydrogen (secondary N) is 1. The lowest BCUT2D eigenvalue weighted by molar-refractivity contribution is -0.142. The van der Waals surface area contributed by atoms with Crippen molar-refractivity contribution in [3.63, 3.8) is 0 Å². The third-order valence-corrected chi connectivity index (χ3v) is 1.63. The zero-order valence-electron chi connectivity index (χ0n) is 8.14. The van der Waals surface area contributed by atoms with Gasteiger partial charge in [-0.1, -0.05) is 6.58 Å². The van der Waals surface area contributed by atoms with Crippen LogP contribution in [0.15, 0.2) is 36.4 Å². The Balaban J connectivity index is 2.52. The van der Waals surface area contributed by atoms with Crippen LogP contribution >= 0.6 is 0 Å². The summed E-state index contributed by atoms with van der Waals surface area (Å²) in [7, 11) is 0. The van der Waals surface area contributed by atoms with Gasteiger partial charge in [0.15, 0.2) is 0 Å². The van der Waals surface area contributed by atoms with E-state index in [9.17, 15) is 9.59 Å². The largest absolute Gasteiger partial charge is 0.508 e. The van der Waals surface area contributed by atoms with E-state index in [1.165, 1.54) is 24.3 Å². The second-order valence-electron chi connectivity index (χ2n) is 2.82. The van der Waals surface area contributed by atoms with Gasteiger partial charge < -0.3 is 15.1 Å². The van der Waals surface area contributed by atoms with Crippen molar-refractivity contribution in [2.24, 2.45) is 0 Å². The number of rotatable bonds is 4. The van der Waals surface area contributed by atoms with Gasteiger partial charge in [-0.2, -0.15) is 0 Å². The van der Waals surface area contributed by atoms with Crippen molar-refractivity contribution in [1.82, 2.24) is 0 Å². The summed E-state index contributed by atoms with van der Waals surface area (Å²) in [5.41, 5.74) is 1.94. The first-order chi connectivity index (χ1) is 7.50. The molecule has 3 N–H and O–H groups in total. The number of phenolic OH excluding ortho intramolecular Hbond substituents is 1. The van der Waals surface area contributed by atoms with E-state index in [-0.39, 0.29) is 5.75 Å². The van der Waals surface area contributed by atoms with E-state index in [2.05, 4.69) is 16.9 Å². The first kappa shape index (κ1) is 11.6. The lowest BCUT2D eigenvalue weighted by Gasteiger charge is -2.06. The monoisotopic (exact) mass is 223 g/mol. The van der Waals surface area contributed by atoms with Gasteiger partial charge in [0.25, 0.3) is 0 Å². The van der Waals surface area contributed by atoms with Crippen LogP contribution in [0.2, 0.25) is 0 Å². The Bertz CT molecular complexity index is 423. The summed E-state index contributed by atoms with van der Waals surface area (Å²) >= 11 is 0. The van der Waals surface area contributed by atoms with Crippen molar-refractivity contribution >= 4 is 17.6 Å². The molecule has 84 valence electrons. The number of carboxylic acid groups (broad SMARTS) is 1. The second-order valence-corrected chi connectivity index (χ2v) is 2.82. The molecule has 0 aromatic heterocycles. The molecule has 0 aliphatic rings. The average molecular weight is 223 g/mol. The minimum Gasteiger partial charge on any atom is -0.508 e. The van der Waals surface area contributed by atoms with Crippen LogP contribution < -0.4 is 5.48 Å². The van der Waals surface area contributed by atoms with Gasteiger partial charge in [0.05, 0.1) is 5.69 Å². The molecule has 0 spiro atoms. The maximum Gasteiger partial charge on any atom is 0.369 e. The molecule has 1 rings (SSSR count). The van der Waals surface area contributed by atoms with Gasteiger partial charge in [0.2, 0.25) is 0 Å². The predicted octanol–water partition coefficient (Wildman–Crippen LogP) is 0.903. The van der Waals surface area contributed by atoms with Crippen LogP contribution in [0.4, 0.5) is 5.69 Å². The van der Waals surface area contributed by atoms with Crippen LogP contribution in [0.3, 0.4) is 0 Å². The summed E-state index contributed by atoms with van der Waals surface area (Å²) in [6.45, 7) is 3.03. The van der Waals surface area contributed by atoms with E-state index in [0.717, 1.165) is 0 Å². The van der Waals surface area contributed by atoms with Gasteiger partial charge in [-0.05, 0) is 24.3 Å². The molecule has 1 aromatic carbocycles. The van der Waals surface area contributed by atoms with E-state index in [4.69, 9.17) is 10.2 Å². The maximum atomic E-state index is 11.0. The molecular formula is C10H9NO5. The Morgan fingerprint density at radius 1 is 1.25 bits per heavy atom. The summed E-state index contributed by atoms with van der Waals surface area (Å²) in [6.07, 6.45) is 0. The van der Waals surface area contributed by atoms with Crippen molar-refractivity contribution in [3.05, 3.63) is 36.4 Å². The van der Waals surface area contributed by atoms with Crippen molar-refractivity contribution in [2.75, 3.05) is 5.48 Å². The fourth-order valence-electron chi connectivity index (χ4n) is 0.784. The van der Waals surface area contributed by atoms with Crippen LogP contribution in [0, 0.1) is 0 Å². The Morgan fingerprint density at radius 3 is 2.31 bits per heavy atom. The minimum atomic E-state index is -1.45. The number of hydrogen-bond acceptors (Lipinski definition) is 5. The molecule has 0 heterocycles. The molecule has 0 amide bonds. The summed E-state index contributed by atoms with van der Waals surface area (Å²) in [4.78, 5) is 25.8. The highest BCUT2D eigenvalue weighted by molar-refractivity contribution is 6.12. The number of carbonyl (C=O) groups is 2. The molecule has 0 aliphatic heterocycles. The molecular weight excluding hydrogens is 214 g/mol. The van der Waals surface area contributed by atoms with E-state index in [0.29, 0.717) is 5.69 Å². The van der Waals surface area contributed by atoms with Crippen molar-refractivity contribution in [2.45, 2.75) is 0 Å². The van der Waals surface area contributed by atoms with E-state index >= 15 is 0 Å². The zero-order valence-corrected chi connectivity index (χ0v) is 8.14. The first-order valence-corrected chi connectivity index (χ1v) is 4.19. The van der Waals surface area contributed by atoms with Gasteiger partial charge >= 0.3 is 11.9 Å². The minimum absolute atomic E-state index is 0.0619. The molecule has 0 saturated carbocycles. The van der Waals surface area contributed by atoms with Gasteiger partial charge in [0, 0.05) is 0 Å². The number of benzene rings is 1. The number of anilines is 1. The quantitative estimate of drug-likeness (QED) is 0.231. The molecule has 16 heavy (non-hydrogen) atoms.